The number of hydrogen-bond acceptors (Lipinski definition) is 3. The van der Waals surface area contributed by atoms with Gasteiger partial charge in [0.05, 0.1) is 12.5 Å². The maximum absolute atomic E-state index is 12.6. The molecule has 1 fully saturated rings. The molecule has 0 aliphatic carbocycles. The van der Waals surface area contributed by atoms with Gasteiger partial charge in [0.15, 0.2) is 0 Å². The minimum atomic E-state index is -0.611. The Balaban J connectivity index is 2.05. The van der Waals surface area contributed by atoms with Gasteiger partial charge in [-0.15, -0.1) is 0 Å². The van der Waals surface area contributed by atoms with Gasteiger partial charge in [-0.2, -0.15) is 0 Å². The molecule has 1 heterocycles. The molecule has 2 unspecified atom stereocenters. The van der Waals surface area contributed by atoms with Gasteiger partial charge >= 0.3 is 6.03 Å². The summed E-state index contributed by atoms with van der Waals surface area (Å²) in [5.74, 6) is 0.565. The summed E-state index contributed by atoms with van der Waals surface area (Å²) in [7, 11) is 1.93. The Kier molecular flexibility index (Phi) is 5.98. The smallest absolute Gasteiger partial charge is 0.312 e. The molecule has 0 radical (unpaired) electrons. The van der Waals surface area contributed by atoms with Crippen molar-refractivity contribution >= 4 is 11.9 Å². The van der Waals surface area contributed by atoms with Crippen molar-refractivity contribution in [3.8, 4) is 0 Å². The molecule has 2 atom stereocenters. The lowest BCUT2D eigenvalue weighted by atomic mass is 9.98. The van der Waals surface area contributed by atoms with Crippen LogP contribution >= 0.6 is 0 Å². The van der Waals surface area contributed by atoms with E-state index in [4.69, 9.17) is 5.73 Å². The molecule has 6 heteroatoms. The second kappa shape index (κ2) is 7.97. The van der Waals surface area contributed by atoms with Crippen molar-refractivity contribution in [3.63, 3.8) is 0 Å². The van der Waals surface area contributed by atoms with Crippen molar-refractivity contribution in [2.45, 2.75) is 25.8 Å². The van der Waals surface area contributed by atoms with Crippen molar-refractivity contribution in [1.82, 2.24) is 15.5 Å². The minimum Gasteiger partial charge on any atom is -0.352 e. The van der Waals surface area contributed by atoms with Gasteiger partial charge in [-0.3, -0.25) is 4.79 Å². The molecule has 23 heavy (non-hydrogen) atoms. The number of likely N-dealkylation sites (tertiary alicyclic amines) is 1. The number of nitrogens with one attached hydrogen (secondary N) is 2. The number of nitrogens with zero attached hydrogens (tertiary/aromatic N) is 1. The zero-order chi connectivity index (χ0) is 16.8. The third-order valence-corrected chi connectivity index (χ3v) is 4.39. The number of aryl methyl sites for hydroxylation is 1. The van der Waals surface area contributed by atoms with Gasteiger partial charge < -0.3 is 21.3 Å². The van der Waals surface area contributed by atoms with Crippen molar-refractivity contribution in [2.24, 2.45) is 11.7 Å². The molecule has 1 aliphatic heterocycles. The first kappa shape index (κ1) is 17.3. The number of urea groups is 1. The third-order valence-electron chi connectivity index (χ3n) is 4.39. The second-order valence-corrected chi connectivity index (χ2v) is 6.17. The number of carbonyl (C=O) groups is 2. The Morgan fingerprint density at radius 2 is 2.13 bits per heavy atom. The fourth-order valence-electron chi connectivity index (χ4n) is 3.21. The largest absolute Gasteiger partial charge is 0.352 e. The summed E-state index contributed by atoms with van der Waals surface area (Å²) >= 11 is 0. The Labute approximate surface area is 137 Å². The maximum atomic E-state index is 12.6. The molecule has 1 aliphatic rings. The summed E-state index contributed by atoms with van der Waals surface area (Å²) in [5.41, 5.74) is 7.26. The highest BCUT2D eigenvalue weighted by molar-refractivity contribution is 5.79. The molecular weight excluding hydrogens is 292 g/mol. The number of hydrogen-bond donors (Lipinski definition) is 3. The first-order chi connectivity index (χ1) is 11.0. The molecule has 0 saturated carbocycles. The van der Waals surface area contributed by atoms with Crippen LogP contribution in [0.2, 0.25) is 0 Å². The number of amides is 3. The summed E-state index contributed by atoms with van der Waals surface area (Å²) in [6, 6.07) is 6.74. The Morgan fingerprint density at radius 3 is 2.78 bits per heavy atom. The molecular formula is C17H26N4O2. The van der Waals surface area contributed by atoms with Gasteiger partial charge in [-0.05, 0) is 44.0 Å². The van der Waals surface area contributed by atoms with Crippen LogP contribution < -0.4 is 16.4 Å². The van der Waals surface area contributed by atoms with Crippen LogP contribution in [0.1, 0.15) is 30.0 Å². The average molecular weight is 318 g/mol. The van der Waals surface area contributed by atoms with E-state index in [9.17, 15) is 9.59 Å². The summed E-state index contributed by atoms with van der Waals surface area (Å²) in [4.78, 5) is 25.8. The van der Waals surface area contributed by atoms with Gasteiger partial charge in [0.2, 0.25) is 5.91 Å². The summed E-state index contributed by atoms with van der Waals surface area (Å²) in [6.07, 6.45) is 1.25. The average Bonchev–Trinajstić information content (AvgIpc) is 2.96. The SMILES string of the molecule is CNCC1CCN(C(=O)CC(NC(N)=O)c2ccccc2C)C1. The fraction of sp³-hybridized carbons (Fsp3) is 0.529. The first-order valence-corrected chi connectivity index (χ1v) is 8.05. The third kappa shape index (κ3) is 4.69. The highest BCUT2D eigenvalue weighted by atomic mass is 16.2. The molecule has 0 aromatic heterocycles. The Morgan fingerprint density at radius 1 is 1.39 bits per heavy atom. The zero-order valence-electron chi connectivity index (χ0n) is 13.8. The van der Waals surface area contributed by atoms with E-state index in [1.807, 2.05) is 43.1 Å². The van der Waals surface area contributed by atoms with Crippen molar-refractivity contribution < 1.29 is 9.59 Å². The highest BCUT2D eigenvalue weighted by Gasteiger charge is 2.28. The second-order valence-electron chi connectivity index (χ2n) is 6.17. The maximum Gasteiger partial charge on any atom is 0.312 e. The number of rotatable bonds is 6. The quantitative estimate of drug-likeness (QED) is 0.735. The van der Waals surface area contributed by atoms with Gasteiger partial charge in [0, 0.05) is 13.1 Å². The molecule has 0 spiro atoms. The van der Waals surface area contributed by atoms with Crippen LogP contribution in [-0.4, -0.2) is 43.5 Å². The molecule has 0 bridgehead atoms. The fourth-order valence-corrected chi connectivity index (χ4v) is 3.21. The lowest BCUT2D eigenvalue weighted by Gasteiger charge is -2.23. The predicted molar refractivity (Wildman–Crippen MR) is 89.9 cm³/mol. The van der Waals surface area contributed by atoms with Crippen LogP contribution in [0, 0.1) is 12.8 Å². The molecule has 6 nitrogen and oxygen atoms in total. The van der Waals surface area contributed by atoms with E-state index in [1.54, 1.807) is 0 Å². The van der Waals surface area contributed by atoms with Crippen molar-refractivity contribution in [2.75, 3.05) is 26.7 Å². The number of benzene rings is 1. The van der Waals surface area contributed by atoms with Crippen LogP contribution in [-0.2, 0) is 4.79 Å². The standard InChI is InChI=1S/C17H26N4O2/c1-12-5-3-4-6-14(12)15(20-17(18)23)9-16(22)21-8-7-13(11-21)10-19-2/h3-6,13,15,19H,7-11H2,1-2H3,(H3,18,20,23). The molecule has 1 saturated heterocycles. The number of primary amides is 1. The van der Waals surface area contributed by atoms with E-state index >= 15 is 0 Å². The molecule has 126 valence electrons. The summed E-state index contributed by atoms with van der Waals surface area (Å²) < 4.78 is 0. The van der Waals surface area contributed by atoms with E-state index in [0.29, 0.717) is 5.92 Å². The van der Waals surface area contributed by atoms with Crippen LogP contribution in [0.25, 0.3) is 0 Å². The van der Waals surface area contributed by atoms with Crippen LogP contribution in [0.15, 0.2) is 24.3 Å². The Bertz CT molecular complexity index is 561. The topological polar surface area (TPSA) is 87.5 Å². The molecule has 1 aromatic carbocycles. The van der Waals surface area contributed by atoms with E-state index in [1.165, 1.54) is 0 Å². The lowest BCUT2D eigenvalue weighted by Crippen LogP contribution is -2.38. The zero-order valence-corrected chi connectivity index (χ0v) is 13.8. The van der Waals surface area contributed by atoms with Crippen LogP contribution in [0.4, 0.5) is 4.79 Å². The summed E-state index contributed by atoms with van der Waals surface area (Å²) in [5, 5.41) is 5.86. The van der Waals surface area contributed by atoms with Gasteiger partial charge in [0.25, 0.3) is 0 Å². The number of carbonyl (C=O) groups excluding carboxylic acids is 2. The van der Waals surface area contributed by atoms with Gasteiger partial charge in [-0.1, -0.05) is 24.3 Å². The van der Waals surface area contributed by atoms with Crippen LogP contribution in [0.5, 0.6) is 0 Å². The van der Waals surface area contributed by atoms with E-state index in [-0.39, 0.29) is 18.4 Å². The van der Waals surface area contributed by atoms with Gasteiger partial charge in [0.1, 0.15) is 0 Å². The monoisotopic (exact) mass is 318 g/mol. The van der Waals surface area contributed by atoms with E-state index < -0.39 is 6.03 Å². The first-order valence-electron chi connectivity index (χ1n) is 8.05. The van der Waals surface area contributed by atoms with E-state index in [0.717, 1.165) is 37.2 Å². The normalized spacial score (nSPS) is 18.7. The van der Waals surface area contributed by atoms with Crippen molar-refractivity contribution in [1.29, 1.82) is 0 Å². The molecule has 2 rings (SSSR count). The summed E-state index contributed by atoms with van der Waals surface area (Å²) in [6.45, 7) is 4.44. The highest BCUT2D eigenvalue weighted by Crippen LogP contribution is 2.23. The molecule has 1 aromatic rings. The number of nitrogens with two attached hydrogens (primary N) is 1. The molecule has 4 N–H and O–H groups in total. The Hall–Kier alpha value is -2.08. The molecule has 3 amide bonds. The van der Waals surface area contributed by atoms with Crippen molar-refractivity contribution in [3.05, 3.63) is 35.4 Å². The van der Waals surface area contributed by atoms with E-state index in [2.05, 4.69) is 10.6 Å². The van der Waals surface area contributed by atoms with Crippen LogP contribution in [0.3, 0.4) is 0 Å². The minimum absolute atomic E-state index is 0.0607. The lowest BCUT2D eigenvalue weighted by molar-refractivity contribution is -0.130. The van der Waals surface area contributed by atoms with Gasteiger partial charge in [-0.25, -0.2) is 4.79 Å². The predicted octanol–water partition coefficient (Wildman–Crippen LogP) is 1.16.